The van der Waals surface area contributed by atoms with Crippen molar-refractivity contribution in [1.82, 2.24) is 15.1 Å². The van der Waals surface area contributed by atoms with Crippen molar-refractivity contribution in [2.24, 2.45) is 5.92 Å². The number of urea groups is 1. The minimum Gasteiger partial charge on any atom is -0.335 e. The van der Waals surface area contributed by atoms with Gasteiger partial charge in [-0.2, -0.15) is 0 Å². The molecule has 1 aliphatic rings. The largest absolute Gasteiger partial charge is 0.335 e. The molecule has 1 rings (SSSR count). The van der Waals surface area contributed by atoms with Crippen LogP contribution in [0.25, 0.3) is 0 Å². The van der Waals surface area contributed by atoms with Gasteiger partial charge in [0.1, 0.15) is 0 Å². The van der Waals surface area contributed by atoms with Crippen LogP contribution in [0.1, 0.15) is 33.1 Å². The molecular formula is C13H27N3O. The molecule has 1 saturated carbocycles. The fourth-order valence-electron chi connectivity index (χ4n) is 1.86. The van der Waals surface area contributed by atoms with Crippen LogP contribution in [0.3, 0.4) is 0 Å². The van der Waals surface area contributed by atoms with Gasteiger partial charge in [0.15, 0.2) is 0 Å². The van der Waals surface area contributed by atoms with Gasteiger partial charge in [-0.15, -0.1) is 0 Å². The number of hydrogen-bond acceptors (Lipinski definition) is 2. The van der Waals surface area contributed by atoms with Crippen LogP contribution in [-0.4, -0.2) is 55.6 Å². The van der Waals surface area contributed by atoms with Crippen molar-refractivity contribution in [1.29, 1.82) is 0 Å². The summed E-state index contributed by atoms with van der Waals surface area (Å²) in [5, 5.41) is 3.11. The molecule has 100 valence electrons. The second-order valence-electron chi connectivity index (χ2n) is 5.72. The summed E-state index contributed by atoms with van der Waals surface area (Å²) in [6, 6.07) is 0.543. The molecular weight excluding hydrogens is 214 g/mol. The lowest BCUT2D eigenvalue weighted by Gasteiger charge is -2.32. The van der Waals surface area contributed by atoms with Crippen molar-refractivity contribution >= 4 is 6.03 Å². The van der Waals surface area contributed by atoms with E-state index in [0.29, 0.717) is 12.0 Å². The van der Waals surface area contributed by atoms with Gasteiger partial charge in [0.05, 0.1) is 0 Å². The summed E-state index contributed by atoms with van der Waals surface area (Å²) in [6.07, 6.45) is 3.55. The van der Waals surface area contributed by atoms with Gasteiger partial charge in [0, 0.05) is 25.7 Å². The zero-order chi connectivity index (χ0) is 12.8. The van der Waals surface area contributed by atoms with Crippen molar-refractivity contribution in [3.63, 3.8) is 0 Å². The number of nitrogens with zero attached hydrogens (tertiary/aromatic N) is 2. The quantitative estimate of drug-likeness (QED) is 0.769. The first-order valence-electron chi connectivity index (χ1n) is 6.69. The highest BCUT2D eigenvalue weighted by molar-refractivity contribution is 5.74. The van der Waals surface area contributed by atoms with E-state index in [0.717, 1.165) is 32.5 Å². The zero-order valence-electron chi connectivity index (χ0n) is 11.7. The molecule has 0 radical (unpaired) electrons. The summed E-state index contributed by atoms with van der Waals surface area (Å²) in [6.45, 7) is 6.87. The number of rotatable bonds is 6. The normalized spacial score (nSPS) is 16.1. The van der Waals surface area contributed by atoms with Gasteiger partial charge < -0.3 is 15.1 Å². The molecule has 0 aromatic carbocycles. The van der Waals surface area contributed by atoms with Gasteiger partial charge in [-0.3, -0.25) is 0 Å². The maximum absolute atomic E-state index is 12.1. The first-order chi connectivity index (χ1) is 7.99. The summed E-state index contributed by atoms with van der Waals surface area (Å²) in [5.41, 5.74) is 0. The SMILES string of the molecule is CC(C)CN(CCN(C)C)C(=O)NC1CCC1. The predicted molar refractivity (Wildman–Crippen MR) is 71.1 cm³/mol. The Morgan fingerprint density at radius 1 is 1.29 bits per heavy atom. The maximum Gasteiger partial charge on any atom is 0.317 e. The molecule has 0 aliphatic heterocycles. The van der Waals surface area contributed by atoms with Gasteiger partial charge in [0.25, 0.3) is 0 Å². The maximum atomic E-state index is 12.1. The van der Waals surface area contributed by atoms with E-state index in [9.17, 15) is 4.79 Å². The average Bonchev–Trinajstić information content (AvgIpc) is 2.17. The Morgan fingerprint density at radius 2 is 1.94 bits per heavy atom. The van der Waals surface area contributed by atoms with Crippen LogP contribution in [-0.2, 0) is 0 Å². The zero-order valence-corrected chi connectivity index (χ0v) is 11.7. The molecule has 1 fully saturated rings. The van der Waals surface area contributed by atoms with Crippen LogP contribution in [0.4, 0.5) is 4.79 Å². The van der Waals surface area contributed by atoms with Crippen molar-refractivity contribution in [3.05, 3.63) is 0 Å². The van der Waals surface area contributed by atoms with Crippen molar-refractivity contribution in [3.8, 4) is 0 Å². The highest BCUT2D eigenvalue weighted by Crippen LogP contribution is 2.18. The van der Waals surface area contributed by atoms with Crippen LogP contribution in [0.5, 0.6) is 0 Å². The van der Waals surface area contributed by atoms with Crippen LogP contribution < -0.4 is 5.32 Å². The Morgan fingerprint density at radius 3 is 2.35 bits per heavy atom. The number of carbonyl (C=O) groups is 1. The van der Waals surface area contributed by atoms with E-state index in [1.165, 1.54) is 6.42 Å². The molecule has 0 aromatic heterocycles. The fraction of sp³-hybridized carbons (Fsp3) is 0.923. The molecule has 4 nitrogen and oxygen atoms in total. The van der Waals surface area contributed by atoms with Crippen LogP contribution >= 0.6 is 0 Å². The first kappa shape index (κ1) is 14.3. The Bertz CT molecular complexity index is 237. The minimum atomic E-state index is 0.116. The third-order valence-corrected chi connectivity index (χ3v) is 3.12. The molecule has 1 N–H and O–H groups in total. The molecule has 0 saturated heterocycles. The van der Waals surface area contributed by atoms with Gasteiger partial charge in [-0.1, -0.05) is 13.8 Å². The van der Waals surface area contributed by atoms with Crippen molar-refractivity contribution < 1.29 is 4.79 Å². The van der Waals surface area contributed by atoms with E-state index < -0.39 is 0 Å². The summed E-state index contributed by atoms with van der Waals surface area (Å²) < 4.78 is 0. The van der Waals surface area contributed by atoms with E-state index in [4.69, 9.17) is 0 Å². The van der Waals surface area contributed by atoms with E-state index in [1.54, 1.807) is 0 Å². The summed E-state index contributed by atoms with van der Waals surface area (Å²) in [7, 11) is 4.08. The van der Waals surface area contributed by atoms with Gasteiger partial charge in [-0.05, 0) is 39.3 Å². The number of hydrogen-bond donors (Lipinski definition) is 1. The average molecular weight is 241 g/mol. The Balaban J connectivity index is 2.38. The Labute approximate surface area is 105 Å². The van der Waals surface area contributed by atoms with Gasteiger partial charge in [0.2, 0.25) is 0 Å². The number of amides is 2. The molecule has 0 heterocycles. The Kier molecular flexibility index (Phi) is 5.75. The molecule has 0 spiro atoms. The lowest BCUT2D eigenvalue weighted by atomic mass is 9.93. The van der Waals surface area contributed by atoms with Gasteiger partial charge >= 0.3 is 6.03 Å². The van der Waals surface area contributed by atoms with Crippen LogP contribution in [0.2, 0.25) is 0 Å². The monoisotopic (exact) mass is 241 g/mol. The number of likely N-dealkylation sites (N-methyl/N-ethyl adjacent to an activating group) is 1. The van der Waals surface area contributed by atoms with Crippen LogP contribution in [0.15, 0.2) is 0 Å². The Hall–Kier alpha value is -0.770. The third kappa shape index (κ3) is 5.39. The molecule has 0 bridgehead atoms. The topological polar surface area (TPSA) is 35.6 Å². The minimum absolute atomic E-state index is 0.116. The van der Waals surface area contributed by atoms with Gasteiger partial charge in [-0.25, -0.2) is 4.79 Å². The molecule has 0 unspecified atom stereocenters. The predicted octanol–water partition coefficient (Wildman–Crippen LogP) is 1.77. The van der Waals surface area contributed by atoms with E-state index in [2.05, 4.69) is 24.1 Å². The summed E-state index contributed by atoms with van der Waals surface area (Å²) in [4.78, 5) is 16.2. The van der Waals surface area contributed by atoms with E-state index in [1.807, 2.05) is 19.0 Å². The third-order valence-electron chi connectivity index (χ3n) is 3.12. The van der Waals surface area contributed by atoms with Crippen molar-refractivity contribution in [2.75, 3.05) is 33.7 Å². The lowest BCUT2D eigenvalue weighted by Crippen LogP contribution is -2.49. The van der Waals surface area contributed by atoms with Crippen LogP contribution in [0, 0.1) is 5.92 Å². The summed E-state index contributed by atoms with van der Waals surface area (Å²) in [5.74, 6) is 0.518. The standard InChI is InChI=1S/C13H27N3O/c1-11(2)10-16(9-8-15(3)4)13(17)14-12-6-5-7-12/h11-12H,5-10H2,1-4H3,(H,14,17). The molecule has 1 aliphatic carbocycles. The molecule has 0 aromatic rings. The highest BCUT2D eigenvalue weighted by atomic mass is 16.2. The second kappa shape index (κ2) is 6.84. The molecule has 4 heteroatoms. The van der Waals surface area contributed by atoms with E-state index in [-0.39, 0.29) is 6.03 Å². The smallest absolute Gasteiger partial charge is 0.317 e. The number of nitrogens with one attached hydrogen (secondary N) is 1. The lowest BCUT2D eigenvalue weighted by molar-refractivity contribution is 0.174. The highest BCUT2D eigenvalue weighted by Gasteiger charge is 2.22. The fourth-order valence-corrected chi connectivity index (χ4v) is 1.86. The van der Waals surface area contributed by atoms with E-state index >= 15 is 0 Å². The second-order valence-corrected chi connectivity index (χ2v) is 5.72. The first-order valence-corrected chi connectivity index (χ1v) is 6.69. The molecule has 0 atom stereocenters. The van der Waals surface area contributed by atoms with Crippen molar-refractivity contribution in [2.45, 2.75) is 39.2 Å². The molecule has 2 amide bonds. The number of carbonyl (C=O) groups excluding carboxylic acids is 1. The summed E-state index contributed by atoms with van der Waals surface area (Å²) >= 11 is 0. The molecule has 17 heavy (non-hydrogen) atoms.